The minimum absolute atomic E-state index is 0.143. The van der Waals surface area contributed by atoms with E-state index in [2.05, 4.69) is 30.3 Å². The first kappa shape index (κ1) is 25.7. The maximum atomic E-state index is 13.4. The summed E-state index contributed by atoms with van der Waals surface area (Å²) in [5, 5.41) is 3.85. The zero-order valence-electron chi connectivity index (χ0n) is 20.8. The highest BCUT2D eigenvalue weighted by Gasteiger charge is 2.37. The van der Waals surface area contributed by atoms with E-state index in [1.807, 2.05) is 54.6 Å². The van der Waals surface area contributed by atoms with E-state index in [9.17, 15) is 26.3 Å². The van der Waals surface area contributed by atoms with Gasteiger partial charge in [-0.3, -0.25) is 0 Å². The normalized spacial score (nSPS) is 12.2. The Labute approximate surface area is 226 Å². The van der Waals surface area contributed by atoms with E-state index in [0.29, 0.717) is 5.39 Å². The van der Waals surface area contributed by atoms with E-state index in [4.69, 9.17) is 0 Å². The van der Waals surface area contributed by atoms with Gasteiger partial charge in [0.05, 0.1) is 11.1 Å². The number of hydrogen-bond donors (Lipinski definition) is 0. The molecule has 6 aromatic rings. The van der Waals surface area contributed by atoms with Crippen molar-refractivity contribution in [2.24, 2.45) is 0 Å². The van der Waals surface area contributed by atoms with Gasteiger partial charge in [-0.1, -0.05) is 84.9 Å². The van der Waals surface area contributed by atoms with E-state index in [0.717, 1.165) is 50.5 Å². The van der Waals surface area contributed by atoms with Crippen LogP contribution >= 0.6 is 0 Å². The summed E-state index contributed by atoms with van der Waals surface area (Å²) >= 11 is 0. The third-order valence-electron chi connectivity index (χ3n) is 7.06. The van der Waals surface area contributed by atoms with Crippen molar-refractivity contribution in [2.45, 2.75) is 12.4 Å². The van der Waals surface area contributed by atoms with Gasteiger partial charge in [-0.15, -0.1) is 0 Å². The molecule has 0 unspecified atom stereocenters. The van der Waals surface area contributed by atoms with Gasteiger partial charge in [0.1, 0.15) is 0 Å². The largest absolute Gasteiger partial charge is 0.416 e. The standard InChI is InChI=1S/C34H20F6/c35-33(36,37)31-18-30(19-32(20-31)34(38,39)40)28-14-11-24-10-13-27(16-29(24)17-28)23-7-5-22(6-8-23)26-12-9-21-3-1-2-4-25(21)15-26/h1-20H. The highest BCUT2D eigenvalue weighted by atomic mass is 19.4. The Morgan fingerprint density at radius 1 is 0.300 bits per heavy atom. The van der Waals surface area contributed by atoms with Crippen LogP contribution in [0.3, 0.4) is 0 Å². The second kappa shape index (κ2) is 9.56. The monoisotopic (exact) mass is 542 g/mol. The fourth-order valence-corrected chi connectivity index (χ4v) is 4.95. The average molecular weight is 543 g/mol. The average Bonchev–Trinajstić information content (AvgIpc) is 2.95. The molecule has 0 aliphatic carbocycles. The summed E-state index contributed by atoms with van der Waals surface area (Å²) in [5.74, 6) is 0. The second-order valence-corrected chi connectivity index (χ2v) is 9.71. The number of alkyl halides is 6. The summed E-state index contributed by atoms with van der Waals surface area (Å²) in [6.07, 6.45) is -9.81. The Kier molecular flexibility index (Phi) is 6.14. The minimum Gasteiger partial charge on any atom is -0.166 e. The zero-order chi connectivity index (χ0) is 28.1. The molecule has 0 heterocycles. The van der Waals surface area contributed by atoms with Crippen molar-refractivity contribution in [3.63, 3.8) is 0 Å². The van der Waals surface area contributed by atoms with Gasteiger partial charge in [-0.2, -0.15) is 26.3 Å². The van der Waals surface area contributed by atoms with E-state index < -0.39 is 23.5 Å². The summed E-state index contributed by atoms with van der Waals surface area (Å²) in [6, 6.07) is 34.7. The van der Waals surface area contributed by atoms with Crippen LogP contribution in [0, 0.1) is 0 Å². The van der Waals surface area contributed by atoms with Crippen LogP contribution in [-0.4, -0.2) is 0 Å². The van der Waals surface area contributed by atoms with Gasteiger partial charge in [0.2, 0.25) is 0 Å². The molecular weight excluding hydrogens is 522 g/mol. The second-order valence-electron chi connectivity index (χ2n) is 9.71. The summed E-state index contributed by atoms with van der Waals surface area (Å²) in [7, 11) is 0. The molecule has 0 spiro atoms. The predicted molar refractivity (Wildman–Crippen MR) is 148 cm³/mol. The Morgan fingerprint density at radius 2 is 0.675 bits per heavy atom. The molecule has 40 heavy (non-hydrogen) atoms. The van der Waals surface area contributed by atoms with Gasteiger partial charge in [0.15, 0.2) is 0 Å². The molecule has 0 aromatic heterocycles. The molecule has 0 N–H and O–H groups in total. The highest BCUT2D eigenvalue weighted by Crippen LogP contribution is 2.39. The summed E-state index contributed by atoms with van der Waals surface area (Å²) in [4.78, 5) is 0. The van der Waals surface area contributed by atoms with Gasteiger partial charge >= 0.3 is 12.4 Å². The van der Waals surface area contributed by atoms with Crippen molar-refractivity contribution in [2.75, 3.05) is 0 Å². The molecule has 6 rings (SSSR count). The summed E-state index contributed by atoms with van der Waals surface area (Å²) in [6.45, 7) is 0. The van der Waals surface area contributed by atoms with Gasteiger partial charge in [-0.05, 0) is 91.3 Å². The highest BCUT2D eigenvalue weighted by molar-refractivity contribution is 5.91. The molecule has 0 saturated carbocycles. The van der Waals surface area contributed by atoms with E-state index in [1.165, 1.54) is 6.07 Å². The smallest absolute Gasteiger partial charge is 0.166 e. The Morgan fingerprint density at radius 3 is 1.15 bits per heavy atom. The van der Waals surface area contributed by atoms with Crippen molar-refractivity contribution in [3.05, 3.63) is 132 Å². The van der Waals surface area contributed by atoms with Gasteiger partial charge in [-0.25, -0.2) is 0 Å². The topological polar surface area (TPSA) is 0 Å². The molecule has 0 nitrogen and oxygen atoms in total. The van der Waals surface area contributed by atoms with Crippen LogP contribution < -0.4 is 0 Å². The maximum absolute atomic E-state index is 13.4. The van der Waals surface area contributed by atoms with Crippen LogP contribution in [0.25, 0.3) is 54.9 Å². The van der Waals surface area contributed by atoms with Crippen molar-refractivity contribution in [1.29, 1.82) is 0 Å². The first-order valence-corrected chi connectivity index (χ1v) is 12.5. The molecular formula is C34H20F6. The third kappa shape index (κ3) is 5.05. The Bertz CT molecular complexity index is 1830. The van der Waals surface area contributed by atoms with Crippen molar-refractivity contribution >= 4 is 21.5 Å². The van der Waals surface area contributed by atoms with E-state index in [-0.39, 0.29) is 17.2 Å². The van der Waals surface area contributed by atoms with Crippen LogP contribution in [0.5, 0.6) is 0 Å². The molecule has 0 saturated heterocycles. The van der Waals surface area contributed by atoms with Crippen molar-refractivity contribution in [1.82, 2.24) is 0 Å². The molecule has 6 aromatic carbocycles. The minimum atomic E-state index is -4.90. The fourth-order valence-electron chi connectivity index (χ4n) is 4.95. The number of halogens is 6. The number of fused-ring (bicyclic) bond motifs is 2. The quantitative estimate of drug-likeness (QED) is 0.195. The first-order valence-electron chi connectivity index (χ1n) is 12.5. The number of rotatable bonds is 3. The van der Waals surface area contributed by atoms with Crippen LogP contribution in [0.2, 0.25) is 0 Å². The lowest BCUT2D eigenvalue weighted by molar-refractivity contribution is -0.143. The van der Waals surface area contributed by atoms with Gasteiger partial charge in [0.25, 0.3) is 0 Å². The van der Waals surface area contributed by atoms with E-state index >= 15 is 0 Å². The first-order chi connectivity index (χ1) is 19.0. The number of hydrogen-bond acceptors (Lipinski definition) is 0. The van der Waals surface area contributed by atoms with Crippen LogP contribution in [0.1, 0.15) is 11.1 Å². The number of benzene rings is 6. The molecule has 0 radical (unpaired) electrons. The lowest BCUT2D eigenvalue weighted by Gasteiger charge is -2.15. The predicted octanol–water partition coefficient (Wildman–Crippen LogP) is 11.0. The SMILES string of the molecule is FC(F)(F)c1cc(-c2ccc3ccc(-c4ccc(-c5ccc6ccccc6c5)cc4)cc3c2)cc(C(F)(F)F)c1. The third-order valence-corrected chi connectivity index (χ3v) is 7.06. The molecule has 6 heteroatoms. The molecule has 0 amide bonds. The van der Waals surface area contributed by atoms with Gasteiger partial charge in [0, 0.05) is 0 Å². The lowest BCUT2D eigenvalue weighted by Crippen LogP contribution is -2.11. The molecule has 0 fully saturated rings. The van der Waals surface area contributed by atoms with Crippen molar-refractivity contribution in [3.8, 4) is 33.4 Å². The van der Waals surface area contributed by atoms with Crippen molar-refractivity contribution < 1.29 is 26.3 Å². The van der Waals surface area contributed by atoms with Crippen LogP contribution in [-0.2, 0) is 12.4 Å². The molecule has 198 valence electrons. The molecule has 0 atom stereocenters. The Hall–Kier alpha value is -4.58. The molecule has 0 aliphatic rings. The summed E-state index contributed by atoms with van der Waals surface area (Å²) < 4.78 is 80.3. The van der Waals surface area contributed by atoms with Crippen LogP contribution in [0.15, 0.2) is 121 Å². The molecule has 0 aliphatic heterocycles. The van der Waals surface area contributed by atoms with Gasteiger partial charge < -0.3 is 0 Å². The maximum Gasteiger partial charge on any atom is 0.416 e. The molecule has 0 bridgehead atoms. The van der Waals surface area contributed by atoms with Crippen LogP contribution in [0.4, 0.5) is 26.3 Å². The summed E-state index contributed by atoms with van der Waals surface area (Å²) in [5.41, 5.74) is 1.43. The van der Waals surface area contributed by atoms with E-state index in [1.54, 1.807) is 12.1 Å². The lowest BCUT2D eigenvalue weighted by atomic mass is 9.94. The Balaban J connectivity index is 1.36. The fraction of sp³-hybridized carbons (Fsp3) is 0.0588. The zero-order valence-corrected chi connectivity index (χ0v) is 20.8.